The molecule has 1 heterocycles. The number of benzene rings is 2. The Morgan fingerprint density at radius 1 is 1.05 bits per heavy atom. The molecule has 21 heavy (non-hydrogen) atoms. The van der Waals surface area contributed by atoms with Crippen LogP contribution in [0.1, 0.15) is 11.1 Å². The maximum absolute atomic E-state index is 4.25. The first kappa shape index (κ1) is 13.4. The highest BCUT2D eigenvalue weighted by molar-refractivity contribution is 5.42. The third-order valence-electron chi connectivity index (χ3n) is 3.38. The lowest BCUT2D eigenvalue weighted by molar-refractivity contribution is 0.794. The van der Waals surface area contributed by atoms with Crippen LogP contribution in [0.3, 0.4) is 0 Å². The first-order valence-electron chi connectivity index (χ1n) is 6.96. The first-order valence-corrected chi connectivity index (χ1v) is 6.96. The SMILES string of the molecule is Cc1cc(-n2cccn2)ccc1CNNc1ccccc1. The fourth-order valence-corrected chi connectivity index (χ4v) is 2.21. The van der Waals surface area contributed by atoms with Crippen molar-refractivity contribution in [3.63, 3.8) is 0 Å². The second kappa shape index (κ2) is 6.24. The highest BCUT2D eigenvalue weighted by Gasteiger charge is 2.02. The van der Waals surface area contributed by atoms with Crippen LogP contribution >= 0.6 is 0 Å². The van der Waals surface area contributed by atoms with Crippen LogP contribution in [-0.2, 0) is 6.54 Å². The van der Waals surface area contributed by atoms with Crippen molar-refractivity contribution in [2.24, 2.45) is 0 Å². The largest absolute Gasteiger partial charge is 0.321 e. The molecule has 2 N–H and O–H groups in total. The molecule has 106 valence electrons. The Hall–Kier alpha value is -2.59. The third-order valence-corrected chi connectivity index (χ3v) is 3.38. The van der Waals surface area contributed by atoms with Gasteiger partial charge in [-0.25, -0.2) is 10.1 Å². The number of aryl methyl sites for hydroxylation is 1. The number of nitrogens with zero attached hydrogens (tertiary/aromatic N) is 2. The molecule has 3 aromatic rings. The molecule has 0 saturated carbocycles. The molecule has 3 rings (SSSR count). The lowest BCUT2D eigenvalue weighted by Crippen LogP contribution is -2.21. The van der Waals surface area contributed by atoms with E-state index in [1.165, 1.54) is 11.1 Å². The van der Waals surface area contributed by atoms with Crippen LogP contribution in [0.2, 0.25) is 0 Å². The molecule has 0 saturated heterocycles. The average Bonchev–Trinajstić information content (AvgIpc) is 3.04. The van der Waals surface area contributed by atoms with Gasteiger partial charge in [0.25, 0.3) is 0 Å². The van der Waals surface area contributed by atoms with Crippen LogP contribution in [0, 0.1) is 6.92 Å². The number of hydrogen-bond acceptors (Lipinski definition) is 3. The second-order valence-corrected chi connectivity index (χ2v) is 4.91. The summed E-state index contributed by atoms with van der Waals surface area (Å²) in [7, 11) is 0. The van der Waals surface area contributed by atoms with Crippen molar-refractivity contribution in [1.82, 2.24) is 15.2 Å². The third kappa shape index (κ3) is 3.30. The fraction of sp³-hybridized carbons (Fsp3) is 0.118. The van der Waals surface area contributed by atoms with Crippen LogP contribution in [0.5, 0.6) is 0 Å². The van der Waals surface area contributed by atoms with E-state index < -0.39 is 0 Å². The predicted octanol–water partition coefficient (Wildman–Crippen LogP) is 3.30. The Morgan fingerprint density at radius 3 is 2.62 bits per heavy atom. The lowest BCUT2D eigenvalue weighted by Gasteiger charge is -2.11. The molecule has 4 heteroatoms. The number of hydrogen-bond donors (Lipinski definition) is 2. The van der Waals surface area contributed by atoms with E-state index in [0.717, 1.165) is 17.9 Å². The van der Waals surface area contributed by atoms with Gasteiger partial charge in [0.1, 0.15) is 0 Å². The van der Waals surface area contributed by atoms with Crippen LogP contribution in [0.25, 0.3) is 5.69 Å². The van der Waals surface area contributed by atoms with E-state index in [2.05, 4.69) is 41.1 Å². The Kier molecular flexibility index (Phi) is 3.98. The summed E-state index contributed by atoms with van der Waals surface area (Å²) in [6.07, 6.45) is 3.73. The van der Waals surface area contributed by atoms with E-state index in [-0.39, 0.29) is 0 Å². The zero-order chi connectivity index (χ0) is 14.5. The Bertz CT molecular complexity index is 690. The Labute approximate surface area is 124 Å². The van der Waals surface area contributed by atoms with Gasteiger partial charge in [-0.1, -0.05) is 24.3 Å². The van der Waals surface area contributed by atoms with Crippen molar-refractivity contribution in [3.8, 4) is 5.69 Å². The van der Waals surface area contributed by atoms with Gasteiger partial charge in [0, 0.05) is 24.6 Å². The fourth-order valence-electron chi connectivity index (χ4n) is 2.21. The molecule has 0 aliphatic rings. The predicted molar refractivity (Wildman–Crippen MR) is 85.2 cm³/mol. The molecule has 0 radical (unpaired) electrons. The van der Waals surface area contributed by atoms with Crippen LogP contribution < -0.4 is 10.9 Å². The maximum atomic E-state index is 4.25. The van der Waals surface area contributed by atoms with Crippen molar-refractivity contribution in [1.29, 1.82) is 0 Å². The molecule has 0 amide bonds. The van der Waals surface area contributed by atoms with Crippen LogP contribution in [0.15, 0.2) is 67.0 Å². The number of anilines is 1. The highest BCUT2D eigenvalue weighted by atomic mass is 15.3. The first-order chi connectivity index (χ1) is 10.3. The summed E-state index contributed by atoms with van der Waals surface area (Å²) in [4.78, 5) is 0. The van der Waals surface area contributed by atoms with Crippen molar-refractivity contribution in [3.05, 3.63) is 78.1 Å². The van der Waals surface area contributed by atoms with Gasteiger partial charge in [-0.15, -0.1) is 0 Å². The van der Waals surface area contributed by atoms with Crippen LogP contribution in [0.4, 0.5) is 5.69 Å². The molecule has 0 bridgehead atoms. The molecule has 0 aliphatic heterocycles. The summed E-state index contributed by atoms with van der Waals surface area (Å²) in [6, 6.07) is 18.4. The van der Waals surface area contributed by atoms with E-state index in [1.54, 1.807) is 6.20 Å². The number of para-hydroxylation sites is 1. The summed E-state index contributed by atoms with van der Waals surface area (Å²) in [6.45, 7) is 2.88. The van der Waals surface area contributed by atoms with Gasteiger partial charge < -0.3 is 5.43 Å². The Balaban J connectivity index is 1.64. The zero-order valence-corrected chi connectivity index (χ0v) is 12.0. The topological polar surface area (TPSA) is 41.9 Å². The van der Waals surface area contributed by atoms with Crippen molar-refractivity contribution < 1.29 is 0 Å². The minimum absolute atomic E-state index is 0.764. The van der Waals surface area contributed by atoms with Gasteiger partial charge in [-0.3, -0.25) is 0 Å². The lowest BCUT2D eigenvalue weighted by atomic mass is 10.1. The van der Waals surface area contributed by atoms with E-state index in [0.29, 0.717) is 0 Å². The monoisotopic (exact) mass is 278 g/mol. The summed E-state index contributed by atoms with van der Waals surface area (Å²) < 4.78 is 1.87. The second-order valence-electron chi connectivity index (χ2n) is 4.91. The normalized spacial score (nSPS) is 10.5. The Morgan fingerprint density at radius 2 is 1.90 bits per heavy atom. The number of hydrazine groups is 1. The minimum Gasteiger partial charge on any atom is -0.321 e. The van der Waals surface area contributed by atoms with Crippen LogP contribution in [-0.4, -0.2) is 9.78 Å². The van der Waals surface area contributed by atoms with E-state index >= 15 is 0 Å². The van der Waals surface area contributed by atoms with Gasteiger partial charge in [-0.05, 0) is 48.4 Å². The van der Waals surface area contributed by atoms with E-state index in [4.69, 9.17) is 0 Å². The molecule has 4 nitrogen and oxygen atoms in total. The molecule has 1 aromatic heterocycles. The van der Waals surface area contributed by atoms with Crippen molar-refractivity contribution >= 4 is 5.69 Å². The van der Waals surface area contributed by atoms with Gasteiger partial charge in [0.2, 0.25) is 0 Å². The molecule has 0 spiro atoms. The highest BCUT2D eigenvalue weighted by Crippen LogP contribution is 2.14. The quantitative estimate of drug-likeness (QED) is 0.704. The number of nitrogens with one attached hydrogen (secondary N) is 2. The summed E-state index contributed by atoms with van der Waals surface area (Å²) >= 11 is 0. The molecule has 0 fully saturated rings. The van der Waals surface area contributed by atoms with Gasteiger partial charge in [-0.2, -0.15) is 5.10 Å². The minimum atomic E-state index is 0.764. The molecule has 2 aromatic carbocycles. The van der Waals surface area contributed by atoms with Gasteiger partial charge >= 0.3 is 0 Å². The molecular formula is C17H18N4. The average molecular weight is 278 g/mol. The standard InChI is InChI=1S/C17H18N4/c1-14-12-17(21-11-5-10-19-21)9-8-15(14)13-18-20-16-6-3-2-4-7-16/h2-12,18,20H,13H2,1H3. The van der Waals surface area contributed by atoms with Crippen molar-refractivity contribution in [2.75, 3.05) is 5.43 Å². The molecule has 0 unspecified atom stereocenters. The van der Waals surface area contributed by atoms with Gasteiger partial charge in [0.15, 0.2) is 0 Å². The smallest absolute Gasteiger partial charge is 0.0648 e. The molecular weight excluding hydrogens is 260 g/mol. The summed E-state index contributed by atoms with van der Waals surface area (Å²) in [5.74, 6) is 0. The van der Waals surface area contributed by atoms with E-state index in [1.807, 2.05) is 47.3 Å². The van der Waals surface area contributed by atoms with E-state index in [9.17, 15) is 0 Å². The summed E-state index contributed by atoms with van der Waals surface area (Å²) in [5.41, 5.74) is 11.1. The molecule has 0 aliphatic carbocycles. The maximum Gasteiger partial charge on any atom is 0.0648 e. The van der Waals surface area contributed by atoms with Gasteiger partial charge in [0.05, 0.1) is 5.69 Å². The molecule has 0 atom stereocenters. The van der Waals surface area contributed by atoms with Crippen molar-refractivity contribution in [2.45, 2.75) is 13.5 Å². The zero-order valence-electron chi connectivity index (χ0n) is 12.0. The number of rotatable bonds is 5. The summed E-state index contributed by atoms with van der Waals surface area (Å²) in [5, 5.41) is 4.25. The number of aromatic nitrogens is 2.